The highest BCUT2D eigenvalue weighted by Gasteiger charge is 2.27. The Bertz CT molecular complexity index is 430. The summed E-state index contributed by atoms with van der Waals surface area (Å²) in [6.07, 6.45) is -0.322. The molecule has 1 heterocycles. The van der Waals surface area contributed by atoms with Gasteiger partial charge in [-0.3, -0.25) is 5.73 Å². The number of nitrogens with one attached hydrogen (secondary N) is 1. The van der Waals surface area contributed by atoms with Gasteiger partial charge in [0.25, 0.3) is 0 Å². The van der Waals surface area contributed by atoms with Crippen LogP contribution in [0.25, 0.3) is 0 Å². The van der Waals surface area contributed by atoms with E-state index >= 15 is 0 Å². The molecule has 1 unspecified atom stereocenters. The van der Waals surface area contributed by atoms with Crippen molar-refractivity contribution in [1.82, 2.24) is 0 Å². The summed E-state index contributed by atoms with van der Waals surface area (Å²) < 4.78 is 17.1. The Balaban J connectivity index is 2.19. The molecule has 1 aromatic rings. The van der Waals surface area contributed by atoms with Crippen LogP contribution in [0, 0.1) is 0 Å². The van der Waals surface area contributed by atoms with E-state index in [4.69, 9.17) is 19.8 Å². The second-order valence-electron chi connectivity index (χ2n) is 5.14. The molecule has 19 heavy (non-hydrogen) atoms. The zero-order valence-electron chi connectivity index (χ0n) is 11.8. The highest BCUT2D eigenvalue weighted by atomic mass is 16.6. The molecule has 1 atom stereocenters. The fourth-order valence-electron chi connectivity index (χ4n) is 1.91. The third-order valence-corrected chi connectivity index (χ3v) is 2.62. The van der Waals surface area contributed by atoms with Gasteiger partial charge in [-0.2, -0.15) is 0 Å². The molecule has 2 rings (SSSR count). The van der Waals surface area contributed by atoms with Crippen LogP contribution in [0.1, 0.15) is 27.7 Å². The van der Waals surface area contributed by atoms with Crippen molar-refractivity contribution in [3.63, 3.8) is 0 Å². The topological polar surface area (TPSA) is 65.7 Å². The van der Waals surface area contributed by atoms with E-state index in [0.29, 0.717) is 0 Å². The molecule has 104 valence electrons. The third-order valence-electron chi connectivity index (χ3n) is 2.62. The Morgan fingerprint density at radius 2 is 1.84 bits per heavy atom. The molecule has 3 N–H and O–H groups in total. The molecule has 0 saturated heterocycles. The van der Waals surface area contributed by atoms with Crippen LogP contribution in [-0.2, 0) is 9.31 Å². The van der Waals surface area contributed by atoms with Crippen LogP contribution >= 0.6 is 0 Å². The second kappa shape index (κ2) is 5.82. The van der Waals surface area contributed by atoms with E-state index < -0.39 is 13.5 Å². The summed E-state index contributed by atoms with van der Waals surface area (Å²) >= 11 is 0. The Hall–Kier alpha value is -1.24. The van der Waals surface area contributed by atoms with Crippen LogP contribution in [-0.4, -0.2) is 25.7 Å². The lowest BCUT2D eigenvalue weighted by molar-refractivity contribution is 0.139. The van der Waals surface area contributed by atoms with Gasteiger partial charge in [-0.1, -0.05) is 6.07 Å². The van der Waals surface area contributed by atoms with E-state index in [1.54, 1.807) is 0 Å². The predicted octanol–water partition coefficient (Wildman–Crippen LogP) is 1.28. The minimum absolute atomic E-state index is 0.0818. The Morgan fingerprint density at radius 1 is 1.21 bits per heavy atom. The number of anilines is 1. The lowest BCUT2D eigenvalue weighted by atomic mass is 9.78. The highest BCUT2D eigenvalue weighted by Crippen LogP contribution is 2.29. The van der Waals surface area contributed by atoms with Crippen molar-refractivity contribution in [2.24, 2.45) is 5.73 Å². The number of hydrogen-bond donors (Lipinski definition) is 2. The highest BCUT2D eigenvalue weighted by molar-refractivity contribution is 6.61. The van der Waals surface area contributed by atoms with Gasteiger partial charge in [0.2, 0.25) is 6.35 Å². The van der Waals surface area contributed by atoms with Gasteiger partial charge in [-0.05, 0) is 45.3 Å². The number of hydrogen-bond acceptors (Lipinski definition) is 5. The molecule has 0 fully saturated rings. The van der Waals surface area contributed by atoms with Crippen LogP contribution in [0.2, 0.25) is 0 Å². The molecule has 6 heteroatoms. The van der Waals surface area contributed by atoms with Crippen LogP contribution in [0.4, 0.5) is 5.69 Å². The fourth-order valence-corrected chi connectivity index (χ4v) is 1.91. The lowest BCUT2D eigenvalue weighted by Gasteiger charge is -2.20. The van der Waals surface area contributed by atoms with Gasteiger partial charge >= 0.3 is 7.12 Å². The smallest absolute Gasteiger partial charge is 0.456 e. The van der Waals surface area contributed by atoms with Gasteiger partial charge in [0.1, 0.15) is 5.75 Å². The maximum absolute atomic E-state index is 5.80. The first kappa shape index (κ1) is 14.2. The zero-order chi connectivity index (χ0) is 14.0. The summed E-state index contributed by atoms with van der Waals surface area (Å²) in [7, 11) is -0.397. The molecule has 1 aromatic carbocycles. The van der Waals surface area contributed by atoms with Gasteiger partial charge in [0.05, 0.1) is 5.69 Å². The molecule has 0 amide bonds. The van der Waals surface area contributed by atoms with E-state index in [2.05, 4.69) is 5.32 Å². The lowest BCUT2D eigenvalue weighted by Crippen LogP contribution is -2.40. The maximum Gasteiger partial charge on any atom is 0.494 e. The molecule has 1 aliphatic rings. The molecule has 0 radical (unpaired) electrons. The van der Waals surface area contributed by atoms with Gasteiger partial charge in [-0.15, -0.1) is 0 Å². The largest absolute Gasteiger partial charge is 0.494 e. The number of rotatable bonds is 5. The van der Waals surface area contributed by atoms with Crippen molar-refractivity contribution in [3.05, 3.63) is 18.2 Å². The Kier molecular flexibility index (Phi) is 4.34. The summed E-state index contributed by atoms with van der Waals surface area (Å²) in [6, 6.07) is 5.80. The average molecular weight is 264 g/mol. The molecule has 5 nitrogen and oxygen atoms in total. The van der Waals surface area contributed by atoms with Crippen molar-refractivity contribution < 1.29 is 14.0 Å². The van der Waals surface area contributed by atoms with E-state index in [1.807, 2.05) is 45.9 Å². The van der Waals surface area contributed by atoms with E-state index in [1.165, 1.54) is 0 Å². The van der Waals surface area contributed by atoms with Crippen molar-refractivity contribution in [2.75, 3.05) is 5.32 Å². The minimum atomic E-state index is -0.485. The first-order chi connectivity index (χ1) is 8.95. The quantitative estimate of drug-likeness (QED) is 0.784. The maximum atomic E-state index is 5.80. The number of nitrogens with two attached hydrogens (primary N) is 1. The second-order valence-corrected chi connectivity index (χ2v) is 5.14. The van der Waals surface area contributed by atoms with Crippen LogP contribution in [0.5, 0.6) is 5.75 Å². The minimum Gasteiger partial charge on any atom is -0.456 e. The fraction of sp³-hybridized carbons (Fsp3) is 0.538. The van der Waals surface area contributed by atoms with Crippen LogP contribution < -0.4 is 21.3 Å². The molecular weight excluding hydrogens is 243 g/mol. The molecule has 0 saturated carbocycles. The Morgan fingerprint density at radius 3 is 2.42 bits per heavy atom. The van der Waals surface area contributed by atoms with Gasteiger partial charge in [0.15, 0.2) is 0 Å². The monoisotopic (exact) mass is 264 g/mol. The number of fused-ring (bicyclic) bond motifs is 1. The molecule has 0 aliphatic carbocycles. The van der Waals surface area contributed by atoms with E-state index in [-0.39, 0.29) is 12.2 Å². The third kappa shape index (κ3) is 3.62. The van der Waals surface area contributed by atoms with Crippen molar-refractivity contribution >= 4 is 18.3 Å². The normalized spacial score (nSPS) is 17.3. The number of ether oxygens (including phenoxy) is 1. The van der Waals surface area contributed by atoms with Gasteiger partial charge < -0.3 is 19.4 Å². The SMILES string of the molecule is CC(C)OB(OC(C)C)c1ccc2c(c1)OC(N)N2. The van der Waals surface area contributed by atoms with E-state index in [9.17, 15) is 0 Å². The summed E-state index contributed by atoms with van der Waals surface area (Å²) in [5.74, 6) is 0.731. The summed E-state index contributed by atoms with van der Waals surface area (Å²) in [5.41, 5.74) is 7.50. The molecule has 1 aliphatic heterocycles. The summed E-state index contributed by atoms with van der Waals surface area (Å²) in [6.45, 7) is 7.94. The van der Waals surface area contributed by atoms with E-state index in [0.717, 1.165) is 16.9 Å². The summed E-state index contributed by atoms with van der Waals surface area (Å²) in [4.78, 5) is 0. The van der Waals surface area contributed by atoms with Crippen molar-refractivity contribution in [3.8, 4) is 5.75 Å². The first-order valence-electron chi connectivity index (χ1n) is 6.59. The summed E-state index contributed by atoms with van der Waals surface area (Å²) in [5, 5.41) is 3.02. The molecule has 0 bridgehead atoms. The zero-order valence-corrected chi connectivity index (χ0v) is 11.8. The molecular formula is C13H21BN2O3. The van der Waals surface area contributed by atoms with Crippen LogP contribution in [0.3, 0.4) is 0 Å². The van der Waals surface area contributed by atoms with Crippen molar-refractivity contribution in [1.29, 1.82) is 0 Å². The Labute approximate surface area is 114 Å². The van der Waals surface area contributed by atoms with Crippen molar-refractivity contribution in [2.45, 2.75) is 46.3 Å². The first-order valence-corrected chi connectivity index (χ1v) is 6.59. The predicted molar refractivity (Wildman–Crippen MR) is 76.5 cm³/mol. The van der Waals surface area contributed by atoms with Crippen LogP contribution in [0.15, 0.2) is 18.2 Å². The molecule has 0 aromatic heterocycles. The van der Waals surface area contributed by atoms with Gasteiger partial charge in [0, 0.05) is 12.2 Å². The average Bonchev–Trinajstić information content (AvgIpc) is 2.65. The standard InChI is InChI=1S/C13H21BN2O3/c1-8(2)18-14(19-9(3)4)10-5-6-11-12(7-10)17-13(15)16-11/h5-9,13,16H,15H2,1-4H3. The number of benzene rings is 1. The molecule has 0 spiro atoms. The van der Waals surface area contributed by atoms with Gasteiger partial charge in [-0.25, -0.2) is 0 Å².